The Morgan fingerprint density at radius 1 is 0.923 bits per heavy atom. The summed E-state index contributed by atoms with van der Waals surface area (Å²) in [5.74, 6) is -0.925. The lowest BCUT2D eigenvalue weighted by Crippen LogP contribution is -2.18. The van der Waals surface area contributed by atoms with Crippen LogP contribution in [-0.2, 0) is 14.8 Å². The predicted octanol–water partition coefficient (Wildman–Crippen LogP) is 3.58. The van der Waals surface area contributed by atoms with Crippen molar-refractivity contribution in [3.05, 3.63) is 52.0 Å². The molecule has 7 nitrogen and oxygen atoms in total. The summed E-state index contributed by atoms with van der Waals surface area (Å²) in [6.07, 6.45) is 0.968. The zero-order valence-electron chi connectivity index (χ0n) is 13.8. The van der Waals surface area contributed by atoms with Gasteiger partial charge in [-0.2, -0.15) is 0 Å². The first kappa shape index (κ1) is 20.0. The zero-order chi connectivity index (χ0) is 19.5. The number of halogens is 2. The summed E-state index contributed by atoms with van der Waals surface area (Å²) >= 11 is 11.8. The van der Waals surface area contributed by atoms with Gasteiger partial charge < -0.3 is 10.6 Å². The Kier molecular flexibility index (Phi) is 6.12. The van der Waals surface area contributed by atoms with Crippen molar-refractivity contribution in [3.63, 3.8) is 0 Å². The molecule has 0 spiro atoms. The second-order valence-electron chi connectivity index (χ2n) is 5.40. The quantitative estimate of drug-likeness (QED) is 0.693. The second kappa shape index (κ2) is 7.94. The van der Waals surface area contributed by atoms with Crippen molar-refractivity contribution in [2.45, 2.75) is 6.92 Å². The molecule has 26 heavy (non-hydrogen) atoms. The summed E-state index contributed by atoms with van der Waals surface area (Å²) < 4.78 is 25.3. The predicted molar refractivity (Wildman–Crippen MR) is 104 cm³/mol. The third-order valence-electron chi connectivity index (χ3n) is 3.06. The van der Waals surface area contributed by atoms with Crippen LogP contribution in [-0.4, -0.2) is 26.5 Å². The first-order chi connectivity index (χ1) is 12.0. The Balaban J connectivity index is 2.40. The highest BCUT2D eigenvalue weighted by Crippen LogP contribution is 2.27. The Morgan fingerprint density at radius 3 is 2.12 bits per heavy atom. The molecule has 10 heteroatoms. The van der Waals surface area contributed by atoms with E-state index in [-0.39, 0.29) is 22.2 Å². The van der Waals surface area contributed by atoms with Crippen molar-refractivity contribution in [2.24, 2.45) is 0 Å². The number of benzene rings is 2. The van der Waals surface area contributed by atoms with Crippen LogP contribution in [0.4, 0.5) is 17.1 Å². The van der Waals surface area contributed by atoms with Gasteiger partial charge >= 0.3 is 0 Å². The molecule has 0 aromatic heterocycles. The minimum atomic E-state index is -3.61. The topological polar surface area (TPSA) is 104 Å². The van der Waals surface area contributed by atoms with Gasteiger partial charge in [0.2, 0.25) is 15.9 Å². The summed E-state index contributed by atoms with van der Waals surface area (Å²) in [5.41, 5.74) is 0.808. The van der Waals surface area contributed by atoms with Crippen LogP contribution in [0.5, 0.6) is 0 Å². The molecule has 2 rings (SSSR count). The van der Waals surface area contributed by atoms with Gasteiger partial charge in [0.15, 0.2) is 0 Å². The normalized spacial score (nSPS) is 10.9. The van der Waals surface area contributed by atoms with E-state index in [1.54, 1.807) is 6.07 Å². The molecule has 2 aromatic carbocycles. The SMILES string of the molecule is CC(=O)Nc1ccc(NS(C)(=O)=O)c(C(=O)Nc2ccc(Cl)c(Cl)c2)c1. The first-order valence-electron chi connectivity index (χ1n) is 7.21. The molecule has 0 bridgehead atoms. The van der Waals surface area contributed by atoms with Crippen LogP contribution in [0, 0.1) is 0 Å². The lowest BCUT2D eigenvalue weighted by atomic mass is 10.1. The Bertz CT molecular complexity index is 977. The van der Waals surface area contributed by atoms with E-state index in [0.29, 0.717) is 16.4 Å². The maximum atomic E-state index is 12.6. The number of hydrogen-bond acceptors (Lipinski definition) is 4. The van der Waals surface area contributed by atoms with Crippen LogP contribution in [0.15, 0.2) is 36.4 Å². The van der Waals surface area contributed by atoms with E-state index in [9.17, 15) is 18.0 Å². The molecular formula is C16H15Cl2N3O4S. The zero-order valence-corrected chi connectivity index (χ0v) is 16.1. The van der Waals surface area contributed by atoms with Crippen LogP contribution >= 0.6 is 23.2 Å². The van der Waals surface area contributed by atoms with Crippen molar-refractivity contribution >= 4 is 62.1 Å². The number of sulfonamides is 1. The Hall–Kier alpha value is -2.29. The monoisotopic (exact) mass is 415 g/mol. The van der Waals surface area contributed by atoms with Gasteiger partial charge in [0.25, 0.3) is 5.91 Å². The highest BCUT2D eigenvalue weighted by molar-refractivity contribution is 7.92. The average Bonchev–Trinajstić information content (AvgIpc) is 2.50. The molecule has 2 aromatic rings. The molecule has 0 heterocycles. The second-order valence-corrected chi connectivity index (χ2v) is 7.96. The highest BCUT2D eigenvalue weighted by atomic mass is 35.5. The summed E-state index contributed by atoms with van der Waals surface area (Å²) in [4.78, 5) is 23.8. The Labute approximate surface area is 160 Å². The van der Waals surface area contributed by atoms with E-state index in [2.05, 4.69) is 15.4 Å². The number of hydrogen-bond donors (Lipinski definition) is 3. The van der Waals surface area contributed by atoms with Crippen LogP contribution in [0.3, 0.4) is 0 Å². The number of amides is 2. The van der Waals surface area contributed by atoms with Gasteiger partial charge in [-0.1, -0.05) is 23.2 Å². The molecule has 0 atom stereocenters. The molecule has 0 fully saturated rings. The maximum Gasteiger partial charge on any atom is 0.257 e. The molecule has 0 aliphatic carbocycles. The number of nitrogens with one attached hydrogen (secondary N) is 3. The van der Waals surface area contributed by atoms with Gasteiger partial charge in [-0.3, -0.25) is 14.3 Å². The molecule has 0 aliphatic rings. The number of carbonyl (C=O) groups is 2. The molecule has 0 saturated carbocycles. The number of rotatable bonds is 5. The lowest BCUT2D eigenvalue weighted by molar-refractivity contribution is -0.114. The van der Waals surface area contributed by atoms with Crippen molar-refractivity contribution in [1.82, 2.24) is 0 Å². The van der Waals surface area contributed by atoms with Gasteiger partial charge in [-0.05, 0) is 36.4 Å². The molecule has 0 unspecified atom stereocenters. The summed E-state index contributed by atoms with van der Waals surface area (Å²) in [6, 6.07) is 8.75. The summed E-state index contributed by atoms with van der Waals surface area (Å²) in [5, 5.41) is 5.73. The third-order valence-corrected chi connectivity index (χ3v) is 4.39. The molecule has 0 radical (unpaired) electrons. The van der Waals surface area contributed by atoms with Gasteiger partial charge in [-0.15, -0.1) is 0 Å². The average molecular weight is 416 g/mol. The Morgan fingerprint density at radius 2 is 1.54 bits per heavy atom. The smallest absolute Gasteiger partial charge is 0.257 e. The van der Waals surface area contributed by atoms with Crippen molar-refractivity contribution < 1.29 is 18.0 Å². The standard InChI is InChI=1S/C16H15Cl2N3O4S/c1-9(22)19-10-4-6-15(21-26(2,24)25)12(7-10)16(23)20-11-3-5-13(17)14(18)8-11/h3-8,21H,1-2H3,(H,19,22)(H,20,23). The fraction of sp³-hybridized carbons (Fsp3) is 0.125. The van der Waals surface area contributed by atoms with Crippen LogP contribution in [0.1, 0.15) is 17.3 Å². The fourth-order valence-corrected chi connectivity index (χ4v) is 2.95. The minimum Gasteiger partial charge on any atom is -0.326 e. The molecule has 3 N–H and O–H groups in total. The summed E-state index contributed by atoms with van der Waals surface area (Å²) in [7, 11) is -3.61. The molecule has 138 valence electrons. The van der Waals surface area contributed by atoms with Crippen molar-refractivity contribution in [2.75, 3.05) is 21.6 Å². The van der Waals surface area contributed by atoms with E-state index in [4.69, 9.17) is 23.2 Å². The van der Waals surface area contributed by atoms with Gasteiger partial charge in [0, 0.05) is 18.3 Å². The number of anilines is 3. The van der Waals surface area contributed by atoms with E-state index in [0.717, 1.165) is 6.26 Å². The van der Waals surface area contributed by atoms with Crippen LogP contribution in [0.2, 0.25) is 10.0 Å². The van der Waals surface area contributed by atoms with Crippen molar-refractivity contribution in [1.29, 1.82) is 0 Å². The highest BCUT2D eigenvalue weighted by Gasteiger charge is 2.16. The fourth-order valence-electron chi connectivity index (χ4n) is 2.07. The van der Waals surface area contributed by atoms with E-state index >= 15 is 0 Å². The first-order valence-corrected chi connectivity index (χ1v) is 9.86. The van der Waals surface area contributed by atoms with E-state index < -0.39 is 15.9 Å². The maximum absolute atomic E-state index is 12.6. The molecular weight excluding hydrogens is 401 g/mol. The summed E-state index contributed by atoms with van der Waals surface area (Å²) in [6.45, 7) is 1.32. The minimum absolute atomic E-state index is 0.0211. The van der Waals surface area contributed by atoms with E-state index in [1.807, 2.05) is 0 Å². The van der Waals surface area contributed by atoms with Crippen LogP contribution in [0.25, 0.3) is 0 Å². The van der Waals surface area contributed by atoms with Crippen molar-refractivity contribution in [3.8, 4) is 0 Å². The van der Waals surface area contributed by atoms with Gasteiger partial charge in [0.05, 0.1) is 27.6 Å². The van der Waals surface area contributed by atoms with Gasteiger partial charge in [0.1, 0.15) is 0 Å². The largest absolute Gasteiger partial charge is 0.326 e. The molecule has 0 aliphatic heterocycles. The third kappa shape index (κ3) is 5.62. The molecule has 2 amide bonds. The lowest BCUT2D eigenvalue weighted by Gasteiger charge is -2.13. The van der Waals surface area contributed by atoms with E-state index in [1.165, 1.54) is 37.3 Å². The van der Waals surface area contributed by atoms with Crippen LogP contribution < -0.4 is 15.4 Å². The molecule has 0 saturated heterocycles. The number of carbonyl (C=O) groups excluding carboxylic acids is 2. The van der Waals surface area contributed by atoms with Gasteiger partial charge in [-0.25, -0.2) is 8.42 Å².